The molecule has 0 bridgehead atoms. The third-order valence-corrected chi connectivity index (χ3v) is 18.6. The lowest BCUT2D eigenvalue weighted by Gasteiger charge is -2.46. The van der Waals surface area contributed by atoms with E-state index >= 15 is 0 Å². The van der Waals surface area contributed by atoms with Crippen LogP contribution in [0.4, 0.5) is 0 Å². The van der Waals surface area contributed by atoms with Crippen molar-refractivity contribution >= 4 is 27.0 Å². The summed E-state index contributed by atoms with van der Waals surface area (Å²) in [4.78, 5) is 0. The molecule has 1 saturated heterocycles. The normalized spacial score (nSPS) is 22.0. The minimum absolute atomic E-state index is 0.0349. The van der Waals surface area contributed by atoms with Gasteiger partial charge in [-0.1, -0.05) is 122 Å². The zero-order chi connectivity index (χ0) is 27.3. The van der Waals surface area contributed by atoms with Crippen LogP contribution < -0.4 is 10.4 Å². The molecule has 0 N–H and O–H groups in total. The molecule has 5 heteroatoms. The lowest BCUT2D eigenvalue weighted by molar-refractivity contribution is 0.103. The molecule has 206 valence electrons. The third kappa shape index (κ3) is 6.33. The smallest absolute Gasteiger partial charge is 0.261 e. The molecule has 2 aromatic rings. The van der Waals surface area contributed by atoms with E-state index in [2.05, 4.69) is 123 Å². The highest BCUT2D eigenvalue weighted by atomic mass is 28.4. The first kappa shape index (κ1) is 30.3. The molecular formula is C32H52O3Si2. The number of benzene rings is 2. The van der Waals surface area contributed by atoms with Gasteiger partial charge in [0.1, 0.15) is 5.60 Å². The molecule has 0 amide bonds. The van der Waals surface area contributed by atoms with Gasteiger partial charge < -0.3 is 13.6 Å². The average Bonchev–Trinajstić information content (AvgIpc) is 3.59. The molecule has 0 spiro atoms. The molecule has 0 saturated carbocycles. The lowest BCUT2D eigenvalue weighted by atomic mass is 9.91. The van der Waals surface area contributed by atoms with Crippen molar-refractivity contribution in [3.8, 4) is 0 Å². The molecule has 0 aliphatic carbocycles. The topological polar surface area (TPSA) is 31.0 Å². The average molecular weight is 541 g/mol. The van der Waals surface area contributed by atoms with Crippen LogP contribution in [0.25, 0.3) is 0 Å². The Hall–Kier alpha value is -1.25. The second-order valence-electron chi connectivity index (χ2n) is 12.4. The van der Waals surface area contributed by atoms with E-state index < -0.39 is 16.6 Å². The van der Waals surface area contributed by atoms with Crippen LogP contribution in [0.15, 0.2) is 60.7 Å². The first-order valence-corrected chi connectivity index (χ1v) is 19.1. The summed E-state index contributed by atoms with van der Waals surface area (Å²) in [7, 11) is -4.27. The summed E-state index contributed by atoms with van der Waals surface area (Å²) >= 11 is 0. The lowest BCUT2D eigenvalue weighted by Crippen LogP contribution is -2.68. The molecule has 4 atom stereocenters. The van der Waals surface area contributed by atoms with Gasteiger partial charge in [0.2, 0.25) is 0 Å². The molecule has 3 rings (SSSR count). The van der Waals surface area contributed by atoms with Crippen LogP contribution in [0, 0.1) is 5.92 Å². The van der Waals surface area contributed by atoms with Gasteiger partial charge in [-0.25, -0.2) is 0 Å². The van der Waals surface area contributed by atoms with Crippen LogP contribution in [0.2, 0.25) is 23.2 Å². The highest BCUT2D eigenvalue weighted by Gasteiger charge is 2.59. The van der Waals surface area contributed by atoms with Crippen LogP contribution in [-0.2, 0) is 13.6 Å². The zero-order valence-electron chi connectivity index (χ0n) is 25.0. The minimum Gasteiger partial charge on any atom is -0.414 e. The van der Waals surface area contributed by atoms with E-state index in [0.717, 1.165) is 12.8 Å². The van der Waals surface area contributed by atoms with Crippen LogP contribution in [-0.4, -0.2) is 41.1 Å². The Morgan fingerprint density at radius 1 is 0.865 bits per heavy atom. The predicted octanol–water partition coefficient (Wildman–Crippen LogP) is 7.55. The van der Waals surface area contributed by atoms with E-state index in [1.165, 1.54) is 28.5 Å². The molecule has 1 aliphatic heterocycles. The largest absolute Gasteiger partial charge is 0.414 e. The quantitative estimate of drug-likeness (QED) is 0.183. The molecular weight excluding hydrogens is 489 g/mol. The van der Waals surface area contributed by atoms with Gasteiger partial charge in [0.25, 0.3) is 8.32 Å². The Kier molecular flexibility index (Phi) is 10.1. The fourth-order valence-electron chi connectivity index (χ4n) is 6.22. The van der Waals surface area contributed by atoms with Crippen molar-refractivity contribution in [1.29, 1.82) is 0 Å². The molecule has 1 fully saturated rings. The highest BCUT2D eigenvalue weighted by Crippen LogP contribution is 2.46. The molecule has 37 heavy (non-hydrogen) atoms. The van der Waals surface area contributed by atoms with Crippen LogP contribution >= 0.6 is 0 Å². The Morgan fingerprint density at radius 2 is 1.35 bits per heavy atom. The second kappa shape index (κ2) is 12.3. The Labute approximate surface area is 229 Å². The molecule has 3 nitrogen and oxygen atoms in total. The minimum atomic E-state index is -2.62. The van der Waals surface area contributed by atoms with Crippen molar-refractivity contribution in [1.82, 2.24) is 0 Å². The number of hydrogen-bond donors (Lipinski definition) is 0. The van der Waals surface area contributed by atoms with Crippen molar-refractivity contribution in [2.45, 2.75) is 116 Å². The van der Waals surface area contributed by atoms with Gasteiger partial charge in [0.15, 0.2) is 8.32 Å². The molecule has 2 aromatic carbocycles. The fourth-order valence-corrected chi connectivity index (χ4v) is 13.7. The van der Waals surface area contributed by atoms with Crippen molar-refractivity contribution in [3.63, 3.8) is 0 Å². The van der Waals surface area contributed by atoms with Gasteiger partial charge in [0, 0.05) is 5.92 Å². The number of ether oxygens (including phenoxy) is 1. The molecule has 0 aromatic heterocycles. The summed E-state index contributed by atoms with van der Waals surface area (Å²) in [5.41, 5.74) is -0.210. The standard InChI is InChI=1S/C32H52O3Si2/c1-10-20-29(26(5)30-32(9,34-30)25-33-36(11-2,12-3)13-4)35-37(31(6,7)8,27-21-16-14-17-22-27)28-23-18-15-19-24-28/h14-19,21-24,26,29-30H,10-13,20,25H2,1-9H3/t26-,29+,30-,32-/m0/s1. The third-order valence-electron chi connectivity index (χ3n) is 8.92. The highest BCUT2D eigenvalue weighted by molar-refractivity contribution is 6.99. The summed E-state index contributed by atoms with van der Waals surface area (Å²) in [6.45, 7) is 21.6. The van der Waals surface area contributed by atoms with E-state index in [1.54, 1.807) is 0 Å². The number of rotatable bonds is 14. The SMILES string of the molecule is CCC[C@@H](O[Si](c1ccccc1)(c1ccccc1)C(C)(C)C)[C@H](C)[C@@H]1O[C@@]1(C)CO[Si](CC)(CC)CC. The maximum absolute atomic E-state index is 7.61. The zero-order valence-corrected chi connectivity index (χ0v) is 27.0. The van der Waals surface area contributed by atoms with Crippen molar-refractivity contribution in [3.05, 3.63) is 60.7 Å². The Bertz CT molecular complexity index is 907. The van der Waals surface area contributed by atoms with Crippen LogP contribution in [0.5, 0.6) is 0 Å². The Morgan fingerprint density at radius 3 is 1.76 bits per heavy atom. The molecule has 0 unspecified atom stereocenters. The van der Waals surface area contributed by atoms with Crippen LogP contribution in [0.3, 0.4) is 0 Å². The van der Waals surface area contributed by atoms with Gasteiger partial charge in [-0.2, -0.15) is 0 Å². The van der Waals surface area contributed by atoms with Crippen molar-refractivity contribution in [2.75, 3.05) is 6.61 Å². The first-order valence-electron chi connectivity index (χ1n) is 14.6. The maximum atomic E-state index is 7.61. The van der Waals surface area contributed by atoms with E-state index in [1.807, 2.05) is 0 Å². The maximum Gasteiger partial charge on any atom is 0.261 e. The Balaban J connectivity index is 1.93. The summed E-state index contributed by atoms with van der Waals surface area (Å²) in [6.07, 6.45) is 2.40. The molecule has 1 heterocycles. The molecule has 0 radical (unpaired) electrons. The van der Waals surface area contributed by atoms with Gasteiger partial charge in [-0.3, -0.25) is 0 Å². The number of epoxide rings is 1. The fraction of sp³-hybridized carbons (Fsp3) is 0.625. The van der Waals surface area contributed by atoms with E-state index in [9.17, 15) is 0 Å². The van der Waals surface area contributed by atoms with Crippen LogP contribution in [0.1, 0.15) is 75.2 Å². The number of hydrogen-bond acceptors (Lipinski definition) is 3. The first-order chi connectivity index (χ1) is 17.5. The summed E-state index contributed by atoms with van der Waals surface area (Å²) < 4.78 is 20.8. The monoisotopic (exact) mass is 540 g/mol. The summed E-state index contributed by atoms with van der Waals surface area (Å²) in [6, 6.07) is 25.5. The van der Waals surface area contributed by atoms with E-state index in [0.29, 0.717) is 6.61 Å². The van der Waals surface area contributed by atoms with Gasteiger partial charge in [-0.05, 0) is 46.9 Å². The summed E-state index contributed by atoms with van der Waals surface area (Å²) in [5.74, 6) is 0.288. The van der Waals surface area contributed by atoms with E-state index in [-0.39, 0.29) is 28.8 Å². The van der Waals surface area contributed by atoms with Gasteiger partial charge >= 0.3 is 0 Å². The molecule has 1 aliphatic rings. The summed E-state index contributed by atoms with van der Waals surface area (Å²) in [5, 5.41) is 2.65. The predicted molar refractivity (Wildman–Crippen MR) is 163 cm³/mol. The van der Waals surface area contributed by atoms with Crippen molar-refractivity contribution < 1.29 is 13.6 Å². The van der Waals surface area contributed by atoms with Gasteiger partial charge in [0.05, 0.1) is 18.8 Å². The van der Waals surface area contributed by atoms with Gasteiger partial charge in [-0.15, -0.1) is 0 Å². The van der Waals surface area contributed by atoms with Crippen molar-refractivity contribution in [2.24, 2.45) is 5.92 Å². The second-order valence-corrected chi connectivity index (χ2v) is 21.4. The van der Waals surface area contributed by atoms with E-state index in [4.69, 9.17) is 13.6 Å².